The third kappa shape index (κ3) is 3.66. The average Bonchev–Trinajstić information content (AvgIpc) is 3.30. The normalized spacial score (nSPS) is 22.3. The van der Waals surface area contributed by atoms with Gasteiger partial charge in [-0.15, -0.1) is 0 Å². The largest absolute Gasteiger partial charge is 0.335 e. The number of likely N-dealkylation sites (tertiary alicyclic amines) is 2. The van der Waals surface area contributed by atoms with Crippen LogP contribution in [0.2, 0.25) is 0 Å². The van der Waals surface area contributed by atoms with Gasteiger partial charge in [-0.2, -0.15) is 5.10 Å². The van der Waals surface area contributed by atoms with Gasteiger partial charge in [0.2, 0.25) is 5.91 Å². The quantitative estimate of drug-likeness (QED) is 0.814. The second-order valence-corrected chi connectivity index (χ2v) is 7.64. The maximum atomic E-state index is 13.6. The van der Waals surface area contributed by atoms with Crippen LogP contribution in [0, 0.1) is 11.7 Å². The van der Waals surface area contributed by atoms with Crippen molar-refractivity contribution < 1.29 is 14.0 Å². The van der Waals surface area contributed by atoms with Crippen molar-refractivity contribution in [3.05, 3.63) is 53.6 Å². The van der Waals surface area contributed by atoms with Crippen molar-refractivity contribution in [1.82, 2.24) is 19.6 Å². The van der Waals surface area contributed by atoms with E-state index in [1.807, 2.05) is 22.8 Å². The van der Waals surface area contributed by atoms with E-state index >= 15 is 0 Å². The maximum absolute atomic E-state index is 13.6. The van der Waals surface area contributed by atoms with E-state index in [0.717, 1.165) is 18.4 Å². The third-order valence-corrected chi connectivity index (χ3v) is 5.81. The highest BCUT2D eigenvalue weighted by Gasteiger charge is 2.42. The lowest BCUT2D eigenvalue weighted by atomic mass is 9.98. The van der Waals surface area contributed by atoms with E-state index in [-0.39, 0.29) is 29.6 Å². The van der Waals surface area contributed by atoms with E-state index in [2.05, 4.69) is 5.10 Å². The molecule has 2 aliphatic heterocycles. The van der Waals surface area contributed by atoms with Crippen molar-refractivity contribution in [2.75, 3.05) is 13.1 Å². The van der Waals surface area contributed by atoms with E-state index in [1.54, 1.807) is 23.0 Å². The first kappa shape index (κ1) is 18.7. The van der Waals surface area contributed by atoms with Crippen LogP contribution in [0.1, 0.15) is 42.2 Å². The zero-order valence-corrected chi connectivity index (χ0v) is 16.1. The molecule has 4 rings (SSSR count). The van der Waals surface area contributed by atoms with E-state index in [9.17, 15) is 14.0 Å². The van der Waals surface area contributed by atoms with E-state index in [0.29, 0.717) is 38.3 Å². The van der Waals surface area contributed by atoms with E-state index < -0.39 is 0 Å². The first-order chi connectivity index (χ1) is 13.5. The number of carbonyl (C=O) groups is 2. The molecule has 7 heteroatoms. The molecule has 2 saturated heterocycles. The minimum atomic E-state index is -0.300. The zero-order valence-electron chi connectivity index (χ0n) is 16.1. The lowest BCUT2D eigenvalue weighted by Crippen LogP contribution is -2.43. The summed E-state index contributed by atoms with van der Waals surface area (Å²) in [6.07, 6.45) is 4.06. The molecule has 2 amide bonds. The second kappa shape index (κ2) is 7.73. The maximum Gasteiger partial charge on any atom is 0.274 e. The molecule has 0 bridgehead atoms. The standard InChI is InChI=1S/C21H25FN4O2/c1-2-25-10-9-18(23-25)21(28)24-13-16-6-4-8-20(27)26(19(16)14-24)12-15-5-3-7-17(22)11-15/h3,5,7,9-11,16,19H,2,4,6,8,12-14H2,1H3/t16-,19+/m1/s1. The summed E-state index contributed by atoms with van der Waals surface area (Å²) in [6, 6.07) is 8.10. The van der Waals surface area contributed by atoms with Crippen LogP contribution in [-0.2, 0) is 17.9 Å². The van der Waals surface area contributed by atoms with Crippen molar-refractivity contribution in [3.8, 4) is 0 Å². The number of rotatable bonds is 4. The lowest BCUT2D eigenvalue weighted by Gasteiger charge is -2.30. The summed E-state index contributed by atoms with van der Waals surface area (Å²) in [4.78, 5) is 29.3. The Hall–Kier alpha value is -2.70. The molecule has 0 radical (unpaired) electrons. The molecule has 3 heterocycles. The molecule has 0 unspecified atom stereocenters. The molecule has 28 heavy (non-hydrogen) atoms. The molecule has 2 atom stereocenters. The number of halogens is 1. The van der Waals surface area contributed by atoms with Crippen LogP contribution in [-0.4, -0.2) is 50.5 Å². The summed E-state index contributed by atoms with van der Waals surface area (Å²) in [5.74, 6) is -0.0528. The van der Waals surface area contributed by atoms with Crippen LogP contribution in [0.15, 0.2) is 36.5 Å². The third-order valence-electron chi connectivity index (χ3n) is 5.81. The molecular formula is C21H25FN4O2. The minimum Gasteiger partial charge on any atom is -0.335 e. The molecular weight excluding hydrogens is 359 g/mol. The Bertz CT molecular complexity index is 881. The van der Waals surface area contributed by atoms with Gasteiger partial charge in [0.1, 0.15) is 11.5 Å². The molecule has 2 aromatic rings. The predicted molar refractivity (Wildman–Crippen MR) is 102 cm³/mol. The van der Waals surface area contributed by atoms with Gasteiger partial charge in [0, 0.05) is 38.8 Å². The smallest absolute Gasteiger partial charge is 0.274 e. The van der Waals surface area contributed by atoms with Gasteiger partial charge >= 0.3 is 0 Å². The first-order valence-electron chi connectivity index (χ1n) is 9.92. The molecule has 0 saturated carbocycles. The van der Waals surface area contributed by atoms with Crippen molar-refractivity contribution in [2.45, 2.75) is 45.3 Å². The number of hydrogen-bond donors (Lipinski definition) is 0. The predicted octanol–water partition coefficient (Wildman–Crippen LogP) is 2.70. The highest BCUT2D eigenvalue weighted by atomic mass is 19.1. The Morgan fingerprint density at radius 3 is 2.89 bits per heavy atom. The van der Waals surface area contributed by atoms with Crippen molar-refractivity contribution in [3.63, 3.8) is 0 Å². The van der Waals surface area contributed by atoms with Gasteiger partial charge in [-0.1, -0.05) is 12.1 Å². The van der Waals surface area contributed by atoms with E-state index in [4.69, 9.17) is 0 Å². The molecule has 1 aromatic heterocycles. The van der Waals surface area contributed by atoms with Gasteiger partial charge in [0.25, 0.3) is 5.91 Å². The van der Waals surface area contributed by atoms with Gasteiger partial charge in [-0.3, -0.25) is 14.3 Å². The summed E-state index contributed by atoms with van der Waals surface area (Å²) >= 11 is 0. The monoisotopic (exact) mass is 384 g/mol. The molecule has 0 spiro atoms. The molecule has 0 aliphatic carbocycles. The number of nitrogens with zero attached hydrogens (tertiary/aromatic N) is 4. The van der Waals surface area contributed by atoms with Crippen molar-refractivity contribution >= 4 is 11.8 Å². The number of fused-ring (bicyclic) bond motifs is 1. The first-order valence-corrected chi connectivity index (χ1v) is 9.92. The highest BCUT2D eigenvalue weighted by Crippen LogP contribution is 2.32. The van der Waals surface area contributed by atoms with Gasteiger partial charge in [-0.25, -0.2) is 4.39 Å². The minimum absolute atomic E-state index is 0.0320. The number of carbonyl (C=O) groups excluding carboxylic acids is 2. The fourth-order valence-corrected chi connectivity index (χ4v) is 4.35. The number of benzene rings is 1. The molecule has 2 fully saturated rings. The topological polar surface area (TPSA) is 58.4 Å². The van der Waals surface area contributed by atoms with Crippen LogP contribution >= 0.6 is 0 Å². The fraction of sp³-hybridized carbons (Fsp3) is 0.476. The van der Waals surface area contributed by atoms with Gasteiger partial charge in [0.15, 0.2) is 0 Å². The average molecular weight is 384 g/mol. The van der Waals surface area contributed by atoms with Crippen LogP contribution in [0.4, 0.5) is 4.39 Å². The van der Waals surface area contributed by atoms with Crippen LogP contribution < -0.4 is 0 Å². The summed E-state index contributed by atoms with van der Waals surface area (Å²) in [5.41, 5.74) is 1.22. The molecule has 1 aromatic carbocycles. The van der Waals surface area contributed by atoms with Crippen molar-refractivity contribution in [1.29, 1.82) is 0 Å². The lowest BCUT2D eigenvalue weighted by molar-refractivity contribution is -0.133. The van der Waals surface area contributed by atoms with Crippen LogP contribution in [0.25, 0.3) is 0 Å². The SMILES string of the molecule is CCn1ccc(C(=O)N2C[C@H]3CCCC(=O)N(Cc4cccc(F)c4)[C@H]3C2)n1. The number of amides is 2. The Morgan fingerprint density at radius 2 is 2.14 bits per heavy atom. The van der Waals surface area contributed by atoms with E-state index in [1.165, 1.54) is 12.1 Å². The van der Waals surface area contributed by atoms with Gasteiger partial charge in [0.05, 0.1) is 6.04 Å². The Morgan fingerprint density at radius 1 is 1.29 bits per heavy atom. The number of hydrogen-bond acceptors (Lipinski definition) is 3. The molecule has 6 nitrogen and oxygen atoms in total. The zero-order chi connectivity index (χ0) is 19.7. The number of aromatic nitrogens is 2. The molecule has 2 aliphatic rings. The summed E-state index contributed by atoms with van der Waals surface area (Å²) in [5, 5.41) is 4.32. The van der Waals surface area contributed by atoms with Crippen LogP contribution in [0.3, 0.4) is 0 Å². The highest BCUT2D eigenvalue weighted by molar-refractivity contribution is 5.92. The second-order valence-electron chi connectivity index (χ2n) is 7.64. The summed E-state index contributed by atoms with van der Waals surface area (Å²) in [6.45, 7) is 4.21. The van der Waals surface area contributed by atoms with Crippen molar-refractivity contribution in [2.24, 2.45) is 5.92 Å². The fourth-order valence-electron chi connectivity index (χ4n) is 4.35. The van der Waals surface area contributed by atoms with Gasteiger partial charge < -0.3 is 9.80 Å². The Labute approximate surface area is 163 Å². The summed E-state index contributed by atoms with van der Waals surface area (Å²) < 4.78 is 15.3. The van der Waals surface area contributed by atoms with Crippen LogP contribution in [0.5, 0.6) is 0 Å². The number of aryl methyl sites for hydroxylation is 1. The Kier molecular flexibility index (Phi) is 5.15. The van der Waals surface area contributed by atoms with Gasteiger partial charge in [-0.05, 0) is 49.4 Å². The Balaban J connectivity index is 1.53. The molecule has 148 valence electrons. The molecule has 0 N–H and O–H groups in total. The summed E-state index contributed by atoms with van der Waals surface area (Å²) in [7, 11) is 0.